The fraction of sp³-hybridized carbons (Fsp3) is 0.250. The molecule has 7 heteroatoms. The van der Waals surface area contributed by atoms with Gasteiger partial charge in [0.2, 0.25) is 6.29 Å². The summed E-state index contributed by atoms with van der Waals surface area (Å²) in [7, 11) is 0. The van der Waals surface area contributed by atoms with E-state index in [1.54, 1.807) is 42.5 Å². The quantitative estimate of drug-likeness (QED) is 0.286. The Balaban J connectivity index is 1.89. The molecule has 0 spiro atoms. The predicted octanol–water partition coefficient (Wildman–Crippen LogP) is 3.74. The molecule has 2 unspecified atom stereocenters. The van der Waals surface area contributed by atoms with Crippen molar-refractivity contribution in [3.05, 3.63) is 85.0 Å². The Labute approximate surface area is 181 Å². The van der Waals surface area contributed by atoms with Gasteiger partial charge in [0, 0.05) is 24.0 Å². The number of carboxylic acid groups (broad SMARTS) is 1. The number of aliphatic hydroxyl groups excluding tert-OH is 1. The number of ether oxygens (including phenoxy) is 3. The first-order valence-electron chi connectivity index (χ1n) is 9.72. The Kier molecular flexibility index (Phi) is 9.32. The summed E-state index contributed by atoms with van der Waals surface area (Å²) < 4.78 is 16.5. The van der Waals surface area contributed by atoms with Crippen LogP contribution in [0.5, 0.6) is 11.5 Å². The van der Waals surface area contributed by atoms with Gasteiger partial charge in [-0.1, -0.05) is 49.6 Å². The van der Waals surface area contributed by atoms with Gasteiger partial charge in [0.15, 0.2) is 0 Å². The lowest BCUT2D eigenvalue weighted by atomic mass is 10.1. The van der Waals surface area contributed by atoms with Crippen molar-refractivity contribution in [2.75, 3.05) is 6.61 Å². The second-order valence-corrected chi connectivity index (χ2v) is 6.80. The third kappa shape index (κ3) is 8.76. The maximum Gasteiger partial charge on any atom is 0.336 e. The van der Waals surface area contributed by atoms with Crippen LogP contribution >= 0.6 is 0 Å². The molecule has 0 fully saturated rings. The van der Waals surface area contributed by atoms with E-state index in [1.807, 2.05) is 18.2 Å². The van der Waals surface area contributed by atoms with Gasteiger partial charge in [-0.15, -0.1) is 0 Å². The Morgan fingerprint density at radius 1 is 0.903 bits per heavy atom. The first-order chi connectivity index (χ1) is 14.8. The standard InChI is InChI=1S/C24H26O7/c1-17(23(26)27)13-14-22(30-21-11-7-4-8-12-21)31-24(28)18(2)15-19(25)16-29-20-9-5-3-6-10-20/h3-12,19,22,25H,1-2,13-16H2,(H,26,27). The third-order valence-corrected chi connectivity index (χ3v) is 4.19. The van der Waals surface area contributed by atoms with Crippen molar-refractivity contribution in [3.8, 4) is 11.5 Å². The average Bonchev–Trinajstić information content (AvgIpc) is 2.77. The molecule has 2 atom stereocenters. The van der Waals surface area contributed by atoms with Crippen molar-refractivity contribution in [3.63, 3.8) is 0 Å². The maximum atomic E-state index is 12.4. The number of aliphatic hydroxyl groups is 1. The number of carbonyl (C=O) groups excluding carboxylic acids is 1. The monoisotopic (exact) mass is 426 g/mol. The molecule has 0 amide bonds. The number of esters is 1. The van der Waals surface area contributed by atoms with Gasteiger partial charge < -0.3 is 24.4 Å². The fourth-order valence-electron chi connectivity index (χ4n) is 2.53. The molecule has 2 rings (SSSR count). The van der Waals surface area contributed by atoms with E-state index in [0.717, 1.165) is 0 Å². The van der Waals surface area contributed by atoms with Crippen molar-refractivity contribution in [2.24, 2.45) is 0 Å². The SMILES string of the molecule is C=C(CCC(OC(=O)C(=C)CC(O)COc1ccccc1)Oc1ccccc1)C(=O)O. The van der Waals surface area contributed by atoms with Crippen molar-refractivity contribution < 1.29 is 34.0 Å². The molecule has 0 radical (unpaired) electrons. The second-order valence-electron chi connectivity index (χ2n) is 6.80. The molecular weight excluding hydrogens is 400 g/mol. The molecule has 0 aromatic heterocycles. The summed E-state index contributed by atoms with van der Waals surface area (Å²) >= 11 is 0. The molecule has 0 bridgehead atoms. The summed E-state index contributed by atoms with van der Waals surface area (Å²) in [6.45, 7) is 7.13. The first kappa shape index (κ1) is 23.7. The number of rotatable bonds is 13. The van der Waals surface area contributed by atoms with Gasteiger partial charge in [0.25, 0.3) is 0 Å². The molecule has 31 heavy (non-hydrogen) atoms. The number of para-hydroxylation sites is 2. The summed E-state index contributed by atoms with van der Waals surface area (Å²) in [5.41, 5.74) is 0.0212. The van der Waals surface area contributed by atoms with E-state index in [2.05, 4.69) is 13.2 Å². The normalized spacial score (nSPS) is 12.3. The Hall–Kier alpha value is -3.58. The third-order valence-electron chi connectivity index (χ3n) is 4.19. The van der Waals surface area contributed by atoms with Gasteiger partial charge in [0.1, 0.15) is 18.1 Å². The van der Waals surface area contributed by atoms with Crippen LogP contribution in [0.25, 0.3) is 0 Å². The van der Waals surface area contributed by atoms with E-state index >= 15 is 0 Å². The highest BCUT2D eigenvalue weighted by atomic mass is 16.7. The van der Waals surface area contributed by atoms with E-state index in [-0.39, 0.29) is 37.0 Å². The number of hydrogen-bond acceptors (Lipinski definition) is 6. The lowest BCUT2D eigenvalue weighted by molar-refractivity contribution is -0.160. The number of carboxylic acids is 1. The van der Waals surface area contributed by atoms with Crippen LogP contribution in [0, 0.1) is 0 Å². The van der Waals surface area contributed by atoms with Crippen molar-refractivity contribution in [2.45, 2.75) is 31.7 Å². The van der Waals surface area contributed by atoms with Gasteiger partial charge >= 0.3 is 11.9 Å². The highest BCUT2D eigenvalue weighted by Crippen LogP contribution is 2.18. The predicted molar refractivity (Wildman–Crippen MR) is 115 cm³/mol. The van der Waals surface area contributed by atoms with Gasteiger partial charge in [-0.3, -0.25) is 0 Å². The zero-order valence-electron chi connectivity index (χ0n) is 17.1. The smallest absolute Gasteiger partial charge is 0.336 e. The van der Waals surface area contributed by atoms with E-state index < -0.39 is 24.3 Å². The Bertz CT molecular complexity index is 877. The van der Waals surface area contributed by atoms with Crippen LogP contribution in [0.1, 0.15) is 19.3 Å². The maximum absolute atomic E-state index is 12.4. The van der Waals surface area contributed by atoms with E-state index in [1.165, 1.54) is 0 Å². The highest BCUT2D eigenvalue weighted by Gasteiger charge is 2.21. The molecule has 0 aliphatic heterocycles. The summed E-state index contributed by atoms with van der Waals surface area (Å²) in [6, 6.07) is 17.7. The molecule has 0 saturated heterocycles. The molecule has 2 aromatic rings. The first-order valence-corrected chi connectivity index (χ1v) is 9.72. The zero-order chi connectivity index (χ0) is 22.6. The van der Waals surface area contributed by atoms with Crippen LogP contribution < -0.4 is 9.47 Å². The summed E-state index contributed by atoms with van der Waals surface area (Å²) in [5, 5.41) is 19.1. The number of aliphatic carboxylic acids is 1. The molecule has 2 aromatic carbocycles. The van der Waals surface area contributed by atoms with Crippen molar-refractivity contribution >= 4 is 11.9 Å². The minimum atomic E-state index is -1.13. The van der Waals surface area contributed by atoms with E-state index in [4.69, 9.17) is 19.3 Å². The molecule has 0 heterocycles. The van der Waals surface area contributed by atoms with Crippen LogP contribution in [0.3, 0.4) is 0 Å². The Morgan fingerprint density at radius 2 is 1.48 bits per heavy atom. The largest absolute Gasteiger partial charge is 0.491 e. The topological polar surface area (TPSA) is 102 Å². The van der Waals surface area contributed by atoms with Crippen LogP contribution in [0.4, 0.5) is 0 Å². The van der Waals surface area contributed by atoms with Crippen LogP contribution in [-0.4, -0.2) is 41.2 Å². The van der Waals surface area contributed by atoms with Gasteiger partial charge in [-0.05, 0) is 30.7 Å². The minimum Gasteiger partial charge on any atom is -0.491 e. The summed E-state index contributed by atoms with van der Waals surface area (Å²) in [6.07, 6.45) is -1.88. The lowest BCUT2D eigenvalue weighted by Gasteiger charge is -2.21. The molecule has 0 aliphatic rings. The summed E-state index contributed by atoms with van der Waals surface area (Å²) in [4.78, 5) is 23.4. The molecule has 0 saturated carbocycles. The molecular formula is C24H26O7. The van der Waals surface area contributed by atoms with Crippen LogP contribution in [-0.2, 0) is 14.3 Å². The van der Waals surface area contributed by atoms with Crippen molar-refractivity contribution in [1.29, 1.82) is 0 Å². The minimum absolute atomic E-state index is 0.0152. The van der Waals surface area contributed by atoms with Crippen LogP contribution in [0.15, 0.2) is 85.0 Å². The second kappa shape index (κ2) is 12.2. The molecule has 7 nitrogen and oxygen atoms in total. The molecule has 0 aliphatic carbocycles. The lowest BCUT2D eigenvalue weighted by Crippen LogP contribution is -2.27. The van der Waals surface area contributed by atoms with Gasteiger partial charge in [0.05, 0.1) is 6.10 Å². The van der Waals surface area contributed by atoms with E-state index in [0.29, 0.717) is 11.5 Å². The molecule has 164 valence electrons. The van der Waals surface area contributed by atoms with Crippen molar-refractivity contribution in [1.82, 2.24) is 0 Å². The van der Waals surface area contributed by atoms with E-state index in [9.17, 15) is 14.7 Å². The summed E-state index contributed by atoms with van der Waals surface area (Å²) in [5.74, 6) is -0.816. The highest BCUT2D eigenvalue weighted by molar-refractivity contribution is 5.88. The molecule has 2 N–H and O–H groups in total. The Morgan fingerprint density at radius 3 is 2.06 bits per heavy atom. The fourth-order valence-corrected chi connectivity index (χ4v) is 2.53. The van der Waals surface area contributed by atoms with Crippen LogP contribution in [0.2, 0.25) is 0 Å². The van der Waals surface area contributed by atoms with Gasteiger partial charge in [-0.2, -0.15) is 0 Å². The van der Waals surface area contributed by atoms with Gasteiger partial charge in [-0.25, -0.2) is 9.59 Å². The number of benzene rings is 2. The number of hydrogen-bond donors (Lipinski definition) is 2. The zero-order valence-corrected chi connectivity index (χ0v) is 17.1. The number of carbonyl (C=O) groups is 2. The average molecular weight is 426 g/mol.